The molecule has 0 aliphatic heterocycles. The third-order valence-corrected chi connectivity index (χ3v) is 2.70. The van der Waals surface area contributed by atoms with Crippen molar-refractivity contribution < 1.29 is 9.13 Å². The second-order valence-electron chi connectivity index (χ2n) is 4.72. The normalized spacial score (nSPS) is 10.7. The fourth-order valence-electron chi connectivity index (χ4n) is 1.71. The molecule has 0 radical (unpaired) electrons. The van der Waals surface area contributed by atoms with Crippen LogP contribution in [0.15, 0.2) is 18.2 Å². The zero-order valence-electron chi connectivity index (χ0n) is 11.6. The maximum absolute atomic E-state index is 13.1. The van der Waals surface area contributed by atoms with Crippen LogP contribution in [0.1, 0.15) is 37.8 Å². The van der Waals surface area contributed by atoms with Crippen LogP contribution in [0.3, 0.4) is 0 Å². The van der Waals surface area contributed by atoms with Gasteiger partial charge in [0.1, 0.15) is 5.82 Å². The highest BCUT2D eigenvalue weighted by Crippen LogP contribution is 2.10. The Hall–Kier alpha value is -1.44. The minimum atomic E-state index is -0.305. The molecule has 0 aliphatic rings. The molecule has 0 saturated heterocycles. The lowest BCUT2D eigenvalue weighted by Gasteiger charge is -2.08. The molecule has 0 atom stereocenters. The first-order valence-electron chi connectivity index (χ1n) is 6.64. The first-order valence-corrected chi connectivity index (χ1v) is 6.64. The van der Waals surface area contributed by atoms with Crippen LogP contribution in [0.5, 0.6) is 0 Å². The summed E-state index contributed by atoms with van der Waals surface area (Å²) >= 11 is 0. The Labute approximate surface area is 114 Å². The number of hydrogen-bond donors (Lipinski definition) is 1. The SMILES string of the molecule is CC(C)OCCCCNCc1cc(F)ccc1C#N. The summed E-state index contributed by atoms with van der Waals surface area (Å²) < 4.78 is 18.5. The van der Waals surface area contributed by atoms with Crippen LogP contribution in [0, 0.1) is 17.1 Å². The summed E-state index contributed by atoms with van der Waals surface area (Å²) in [5.74, 6) is -0.305. The number of ether oxygens (including phenoxy) is 1. The fourth-order valence-corrected chi connectivity index (χ4v) is 1.71. The van der Waals surface area contributed by atoms with Gasteiger partial charge in [0.15, 0.2) is 0 Å². The number of hydrogen-bond acceptors (Lipinski definition) is 3. The van der Waals surface area contributed by atoms with E-state index in [1.807, 2.05) is 13.8 Å². The van der Waals surface area contributed by atoms with Crippen LogP contribution in [0.4, 0.5) is 4.39 Å². The molecule has 1 N–H and O–H groups in total. The number of unbranched alkanes of at least 4 members (excludes halogenated alkanes) is 1. The van der Waals surface area contributed by atoms with Crippen LogP contribution in [-0.4, -0.2) is 19.3 Å². The molecule has 3 nitrogen and oxygen atoms in total. The van der Waals surface area contributed by atoms with Gasteiger partial charge in [0.05, 0.1) is 17.7 Å². The van der Waals surface area contributed by atoms with Crippen molar-refractivity contribution in [3.63, 3.8) is 0 Å². The van der Waals surface area contributed by atoms with Crippen LogP contribution >= 0.6 is 0 Å². The molecule has 0 aliphatic carbocycles. The average molecular weight is 264 g/mol. The summed E-state index contributed by atoms with van der Waals surface area (Å²) in [6, 6.07) is 6.31. The number of benzene rings is 1. The summed E-state index contributed by atoms with van der Waals surface area (Å²) in [7, 11) is 0. The fraction of sp³-hybridized carbons (Fsp3) is 0.533. The largest absolute Gasteiger partial charge is 0.379 e. The minimum Gasteiger partial charge on any atom is -0.379 e. The van der Waals surface area contributed by atoms with Gasteiger partial charge in [-0.05, 0) is 57.0 Å². The molecule has 0 bridgehead atoms. The van der Waals surface area contributed by atoms with Crippen molar-refractivity contribution in [2.24, 2.45) is 0 Å². The van der Waals surface area contributed by atoms with E-state index in [4.69, 9.17) is 10.00 Å². The summed E-state index contributed by atoms with van der Waals surface area (Å²) in [5, 5.41) is 12.1. The van der Waals surface area contributed by atoms with Crippen molar-refractivity contribution in [1.29, 1.82) is 5.26 Å². The van der Waals surface area contributed by atoms with Crippen LogP contribution in [-0.2, 0) is 11.3 Å². The summed E-state index contributed by atoms with van der Waals surface area (Å²) in [6.45, 7) is 6.16. The Morgan fingerprint density at radius 3 is 2.84 bits per heavy atom. The molecule has 0 amide bonds. The van der Waals surface area contributed by atoms with Crippen LogP contribution < -0.4 is 5.32 Å². The first kappa shape index (κ1) is 15.6. The molecule has 1 aromatic carbocycles. The van der Waals surface area contributed by atoms with Gasteiger partial charge in [0.2, 0.25) is 0 Å². The number of halogens is 1. The maximum atomic E-state index is 13.1. The molecule has 1 aromatic rings. The van der Waals surface area contributed by atoms with Gasteiger partial charge in [-0.1, -0.05) is 0 Å². The van der Waals surface area contributed by atoms with Gasteiger partial charge in [-0.15, -0.1) is 0 Å². The highest BCUT2D eigenvalue weighted by Gasteiger charge is 2.03. The molecular formula is C15H21FN2O. The van der Waals surface area contributed by atoms with Crippen molar-refractivity contribution in [2.75, 3.05) is 13.2 Å². The Morgan fingerprint density at radius 2 is 2.16 bits per heavy atom. The van der Waals surface area contributed by atoms with E-state index in [2.05, 4.69) is 11.4 Å². The van der Waals surface area contributed by atoms with Crippen molar-refractivity contribution in [3.05, 3.63) is 35.1 Å². The molecule has 19 heavy (non-hydrogen) atoms. The van der Waals surface area contributed by atoms with Crippen molar-refractivity contribution in [1.82, 2.24) is 5.32 Å². The van der Waals surface area contributed by atoms with Gasteiger partial charge < -0.3 is 10.1 Å². The van der Waals surface area contributed by atoms with Gasteiger partial charge in [-0.2, -0.15) is 5.26 Å². The van der Waals surface area contributed by atoms with Gasteiger partial charge in [0.25, 0.3) is 0 Å². The third-order valence-electron chi connectivity index (χ3n) is 2.70. The summed E-state index contributed by atoms with van der Waals surface area (Å²) in [4.78, 5) is 0. The number of nitrogens with one attached hydrogen (secondary N) is 1. The first-order chi connectivity index (χ1) is 9.13. The lowest BCUT2D eigenvalue weighted by Crippen LogP contribution is -2.16. The van der Waals surface area contributed by atoms with E-state index in [1.165, 1.54) is 18.2 Å². The van der Waals surface area contributed by atoms with E-state index in [0.717, 1.165) is 26.0 Å². The minimum absolute atomic E-state index is 0.276. The van der Waals surface area contributed by atoms with Crippen molar-refractivity contribution >= 4 is 0 Å². The quantitative estimate of drug-likeness (QED) is 0.734. The van der Waals surface area contributed by atoms with E-state index >= 15 is 0 Å². The predicted molar refractivity (Wildman–Crippen MR) is 73.1 cm³/mol. The van der Waals surface area contributed by atoms with Crippen molar-refractivity contribution in [2.45, 2.75) is 39.3 Å². The lowest BCUT2D eigenvalue weighted by atomic mass is 10.1. The molecule has 0 unspecified atom stereocenters. The Balaban J connectivity index is 2.23. The number of rotatable bonds is 8. The third kappa shape index (κ3) is 6.32. The monoisotopic (exact) mass is 264 g/mol. The van der Waals surface area contributed by atoms with Gasteiger partial charge in [0, 0.05) is 13.2 Å². The van der Waals surface area contributed by atoms with Crippen LogP contribution in [0.25, 0.3) is 0 Å². The number of nitriles is 1. The van der Waals surface area contributed by atoms with E-state index in [9.17, 15) is 4.39 Å². The van der Waals surface area contributed by atoms with E-state index < -0.39 is 0 Å². The molecule has 0 fully saturated rings. The number of nitrogens with zero attached hydrogens (tertiary/aromatic N) is 1. The molecule has 0 heterocycles. The molecule has 0 aromatic heterocycles. The summed E-state index contributed by atoms with van der Waals surface area (Å²) in [5.41, 5.74) is 1.23. The van der Waals surface area contributed by atoms with E-state index in [0.29, 0.717) is 17.7 Å². The highest BCUT2D eigenvalue weighted by atomic mass is 19.1. The second kappa shape index (κ2) is 8.63. The van der Waals surface area contributed by atoms with E-state index in [1.54, 1.807) is 0 Å². The zero-order valence-corrected chi connectivity index (χ0v) is 11.6. The smallest absolute Gasteiger partial charge is 0.123 e. The molecule has 1 rings (SSSR count). The molecule has 0 spiro atoms. The van der Waals surface area contributed by atoms with Gasteiger partial charge in [-0.25, -0.2) is 4.39 Å². The second-order valence-corrected chi connectivity index (χ2v) is 4.72. The Kier molecular flexibility index (Phi) is 7.09. The topological polar surface area (TPSA) is 45.0 Å². The lowest BCUT2D eigenvalue weighted by molar-refractivity contribution is 0.0760. The van der Waals surface area contributed by atoms with Gasteiger partial charge in [-0.3, -0.25) is 0 Å². The molecule has 4 heteroatoms. The standard InChI is InChI=1S/C15H21FN2O/c1-12(2)19-8-4-3-7-18-11-14-9-15(16)6-5-13(14)10-17/h5-6,9,12,18H,3-4,7-8,11H2,1-2H3. The predicted octanol–water partition coefficient (Wildman–Crippen LogP) is 2.99. The maximum Gasteiger partial charge on any atom is 0.123 e. The molecule has 0 saturated carbocycles. The van der Waals surface area contributed by atoms with Gasteiger partial charge >= 0.3 is 0 Å². The Bertz CT molecular complexity index is 427. The Morgan fingerprint density at radius 1 is 1.37 bits per heavy atom. The van der Waals surface area contributed by atoms with E-state index in [-0.39, 0.29) is 11.9 Å². The highest BCUT2D eigenvalue weighted by molar-refractivity contribution is 5.37. The molecule has 104 valence electrons. The molecular weight excluding hydrogens is 243 g/mol. The average Bonchev–Trinajstić information content (AvgIpc) is 2.37. The summed E-state index contributed by atoms with van der Waals surface area (Å²) in [6.07, 6.45) is 2.28. The van der Waals surface area contributed by atoms with Crippen LogP contribution in [0.2, 0.25) is 0 Å². The van der Waals surface area contributed by atoms with Crippen molar-refractivity contribution in [3.8, 4) is 6.07 Å². The zero-order chi connectivity index (χ0) is 14.1.